The average molecular weight is 294 g/mol. The molecule has 1 heterocycles. The van der Waals surface area contributed by atoms with Crippen molar-refractivity contribution in [2.45, 2.75) is 31.3 Å². The first kappa shape index (κ1) is 13.9. The largest absolute Gasteiger partial charge is 0.489 e. The summed E-state index contributed by atoms with van der Waals surface area (Å²) in [6.45, 7) is 2.00. The van der Waals surface area contributed by atoms with Gasteiger partial charge in [-0.1, -0.05) is 24.4 Å². The standard InChI is InChI=1S/C16H20ClNO2/c17-14-3-4-15-13(8-14)7-12(10-20-15)9-18-11-16(19)5-1-2-6-16/h3-4,7-8,18-19H,1-2,5-6,9-11H2. The van der Waals surface area contributed by atoms with Crippen molar-refractivity contribution in [1.29, 1.82) is 0 Å². The Kier molecular flexibility index (Phi) is 4.01. The fraction of sp³-hybridized carbons (Fsp3) is 0.500. The molecule has 1 aliphatic carbocycles. The number of fused-ring (bicyclic) bond motifs is 1. The second-order valence-corrected chi connectivity index (χ2v) is 6.24. The first-order valence-corrected chi connectivity index (χ1v) is 7.57. The fourth-order valence-corrected chi connectivity index (χ4v) is 3.14. The van der Waals surface area contributed by atoms with Gasteiger partial charge in [0.05, 0.1) is 5.60 Å². The van der Waals surface area contributed by atoms with Gasteiger partial charge in [0.1, 0.15) is 12.4 Å². The molecule has 108 valence electrons. The Morgan fingerprint density at radius 2 is 2.10 bits per heavy atom. The van der Waals surface area contributed by atoms with Crippen LogP contribution in [0.2, 0.25) is 5.02 Å². The van der Waals surface area contributed by atoms with Gasteiger partial charge in [-0.2, -0.15) is 0 Å². The van der Waals surface area contributed by atoms with E-state index in [2.05, 4.69) is 11.4 Å². The average Bonchev–Trinajstić information content (AvgIpc) is 2.85. The lowest BCUT2D eigenvalue weighted by molar-refractivity contribution is 0.0485. The SMILES string of the molecule is OC1(CNCC2=Cc3cc(Cl)ccc3OC2)CCCC1. The molecule has 1 saturated carbocycles. The zero-order valence-corrected chi connectivity index (χ0v) is 12.2. The Bertz CT molecular complexity index is 521. The van der Waals surface area contributed by atoms with E-state index in [0.29, 0.717) is 13.2 Å². The lowest BCUT2D eigenvalue weighted by atomic mass is 10.0. The number of rotatable bonds is 4. The molecule has 0 atom stereocenters. The van der Waals surface area contributed by atoms with Crippen LogP contribution in [-0.2, 0) is 0 Å². The number of halogens is 1. The van der Waals surface area contributed by atoms with E-state index in [9.17, 15) is 5.11 Å². The van der Waals surface area contributed by atoms with E-state index in [1.54, 1.807) is 0 Å². The van der Waals surface area contributed by atoms with Crippen molar-refractivity contribution in [2.24, 2.45) is 0 Å². The quantitative estimate of drug-likeness (QED) is 0.897. The van der Waals surface area contributed by atoms with E-state index in [1.165, 1.54) is 5.57 Å². The van der Waals surface area contributed by atoms with Crippen LogP contribution in [-0.4, -0.2) is 30.4 Å². The minimum atomic E-state index is -0.503. The third-order valence-electron chi connectivity index (χ3n) is 4.08. The smallest absolute Gasteiger partial charge is 0.127 e. The van der Waals surface area contributed by atoms with Gasteiger partial charge in [0, 0.05) is 23.7 Å². The topological polar surface area (TPSA) is 41.5 Å². The van der Waals surface area contributed by atoms with Gasteiger partial charge in [-0.05, 0) is 42.7 Å². The van der Waals surface area contributed by atoms with Gasteiger partial charge in [-0.3, -0.25) is 0 Å². The Morgan fingerprint density at radius 1 is 1.30 bits per heavy atom. The highest BCUT2D eigenvalue weighted by atomic mass is 35.5. The Balaban J connectivity index is 1.58. The lowest BCUT2D eigenvalue weighted by Crippen LogP contribution is -2.39. The van der Waals surface area contributed by atoms with E-state index in [4.69, 9.17) is 16.3 Å². The molecule has 0 amide bonds. The minimum Gasteiger partial charge on any atom is -0.489 e. The molecule has 0 saturated heterocycles. The normalized spacial score (nSPS) is 20.2. The predicted octanol–water partition coefficient (Wildman–Crippen LogP) is 3.01. The molecule has 3 nitrogen and oxygen atoms in total. The molecule has 0 unspecified atom stereocenters. The van der Waals surface area contributed by atoms with Gasteiger partial charge in [0.25, 0.3) is 0 Å². The first-order valence-electron chi connectivity index (χ1n) is 7.20. The van der Waals surface area contributed by atoms with Crippen LogP contribution in [0.15, 0.2) is 23.8 Å². The molecule has 1 aromatic carbocycles. The van der Waals surface area contributed by atoms with Crippen LogP contribution >= 0.6 is 11.6 Å². The van der Waals surface area contributed by atoms with Gasteiger partial charge in [0.15, 0.2) is 0 Å². The van der Waals surface area contributed by atoms with E-state index >= 15 is 0 Å². The van der Waals surface area contributed by atoms with Gasteiger partial charge < -0.3 is 15.2 Å². The molecule has 2 aliphatic rings. The van der Waals surface area contributed by atoms with Crippen LogP contribution < -0.4 is 10.1 Å². The van der Waals surface area contributed by atoms with Crippen LogP contribution in [0.25, 0.3) is 6.08 Å². The van der Waals surface area contributed by atoms with Crippen LogP contribution in [0.3, 0.4) is 0 Å². The third kappa shape index (κ3) is 3.17. The van der Waals surface area contributed by atoms with Crippen molar-refractivity contribution in [2.75, 3.05) is 19.7 Å². The van der Waals surface area contributed by atoms with Crippen LogP contribution in [0.5, 0.6) is 5.75 Å². The summed E-state index contributed by atoms with van der Waals surface area (Å²) in [5.74, 6) is 0.882. The molecule has 0 radical (unpaired) electrons. The van der Waals surface area contributed by atoms with Crippen molar-refractivity contribution >= 4 is 17.7 Å². The molecule has 1 fully saturated rings. The number of hydrogen-bond donors (Lipinski definition) is 2. The molecule has 20 heavy (non-hydrogen) atoms. The summed E-state index contributed by atoms with van der Waals surface area (Å²) in [6.07, 6.45) is 6.21. The molecule has 0 spiro atoms. The van der Waals surface area contributed by atoms with Crippen molar-refractivity contribution < 1.29 is 9.84 Å². The van der Waals surface area contributed by atoms with E-state index in [1.807, 2.05) is 18.2 Å². The van der Waals surface area contributed by atoms with E-state index < -0.39 is 5.60 Å². The molecular weight excluding hydrogens is 274 g/mol. The summed E-state index contributed by atoms with van der Waals surface area (Å²) in [6, 6.07) is 5.66. The maximum Gasteiger partial charge on any atom is 0.127 e. The predicted molar refractivity (Wildman–Crippen MR) is 81.2 cm³/mol. The number of benzene rings is 1. The monoisotopic (exact) mass is 293 g/mol. The molecule has 0 bridgehead atoms. The summed E-state index contributed by atoms with van der Waals surface area (Å²) < 4.78 is 5.71. The van der Waals surface area contributed by atoms with Crippen molar-refractivity contribution in [3.63, 3.8) is 0 Å². The highest BCUT2D eigenvalue weighted by Gasteiger charge is 2.30. The molecule has 4 heteroatoms. The lowest BCUT2D eigenvalue weighted by Gasteiger charge is -2.24. The second-order valence-electron chi connectivity index (χ2n) is 5.81. The Labute approximate surface area is 124 Å². The highest BCUT2D eigenvalue weighted by molar-refractivity contribution is 6.30. The first-order chi connectivity index (χ1) is 9.65. The summed E-state index contributed by atoms with van der Waals surface area (Å²) in [7, 11) is 0. The van der Waals surface area contributed by atoms with E-state index in [-0.39, 0.29) is 0 Å². The zero-order valence-electron chi connectivity index (χ0n) is 11.5. The van der Waals surface area contributed by atoms with Gasteiger partial charge in [0.2, 0.25) is 0 Å². The molecule has 0 aromatic heterocycles. The zero-order chi connectivity index (χ0) is 14.0. The molecule has 2 N–H and O–H groups in total. The third-order valence-corrected chi connectivity index (χ3v) is 4.32. The van der Waals surface area contributed by atoms with Gasteiger partial charge in [-0.25, -0.2) is 0 Å². The van der Waals surface area contributed by atoms with Crippen molar-refractivity contribution in [3.8, 4) is 5.75 Å². The maximum absolute atomic E-state index is 10.3. The number of ether oxygens (including phenoxy) is 1. The van der Waals surface area contributed by atoms with Crippen LogP contribution in [0.1, 0.15) is 31.2 Å². The molecule has 1 aliphatic heterocycles. The van der Waals surface area contributed by atoms with E-state index in [0.717, 1.165) is 48.6 Å². The Hall–Kier alpha value is -1.03. The molecule has 3 rings (SSSR count). The Morgan fingerprint density at radius 3 is 2.90 bits per heavy atom. The van der Waals surface area contributed by atoms with Crippen molar-refractivity contribution in [3.05, 3.63) is 34.4 Å². The van der Waals surface area contributed by atoms with Crippen LogP contribution in [0, 0.1) is 0 Å². The summed E-state index contributed by atoms with van der Waals surface area (Å²) >= 11 is 6.00. The highest BCUT2D eigenvalue weighted by Crippen LogP contribution is 2.30. The summed E-state index contributed by atoms with van der Waals surface area (Å²) in [5, 5.41) is 14.4. The van der Waals surface area contributed by atoms with Crippen molar-refractivity contribution in [1.82, 2.24) is 5.32 Å². The number of nitrogens with one attached hydrogen (secondary N) is 1. The summed E-state index contributed by atoms with van der Waals surface area (Å²) in [5.41, 5.74) is 1.71. The second kappa shape index (κ2) is 5.76. The number of aliphatic hydroxyl groups is 1. The van der Waals surface area contributed by atoms with Gasteiger partial charge in [-0.15, -0.1) is 0 Å². The van der Waals surface area contributed by atoms with Crippen LogP contribution in [0.4, 0.5) is 0 Å². The molecule has 1 aromatic rings. The number of hydrogen-bond acceptors (Lipinski definition) is 3. The minimum absolute atomic E-state index is 0.503. The van der Waals surface area contributed by atoms with Gasteiger partial charge >= 0.3 is 0 Å². The maximum atomic E-state index is 10.3. The summed E-state index contributed by atoms with van der Waals surface area (Å²) in [4.78, 5) is 0. The fourth-order valence-electron chi connectivity index (χ4n) is 2.96. The molecular formula is C16H20ClNO2.